The summed E-state index contributed by atoms with van der Waals surface area (Å²) in [5.74, 6) is 0.0758. The molecule has 4 nitrogen and oxygen atoms in total. The van der Waals surface area contributed by atoms with Crippen LogP contribution < -0.4 is 15.2 Å². The maximum Gasteiger partial charge on any atom is 2.00 e. The third kappa shape index (κ3) is 6.47. The van der Waals surface area contributed by atoms with Crippen LogP contribution in [-0.2, 0) is 0 Å². The van der Waals surface area contributed by atoms with Crippen molar-refractivity contribution in [2.75, 3.05) is 7.05 Å². The molecule has 7 aromatic rings. The molecular formula is C36H27BeN2O2S2+. The molecule has 43 heavy (non-hydrogen) atoms. The summed E-state index contributed by atoms with van der Waals surface area (Å²) in [5.41, 5.74) is 3.65. The zero-order valence-electron chi connectivity index (χ0n) is 23.8. The van der Waals surface area contributed by atoms with Gasteiger partial charge in [-0.25, -0.2) is 0 Å². The van der Waals surface area contributed by atoms with Gasteiger partial charge < -0.3 is 10.2 Å². The molecule has 0 aliphatic rings. The van der Waals surface area contributed by atoms with E-state index in [-0.39, 0.29) is 21.6 Å². The summed E-state index contributed by atoms with van der Waals surface area (Å²) in [6.07, 6.45) is 0. The number of hydrogen-bond acceptors (Lipinski definition) is 5. The van der Waals surface area contributed by atoms with E-state index in [1.54, 1.807) is 42.3 Å². The molecule has 0 fully saturated rings. The standard InChI is InChI=1S/C19H17NOS.C17H11NOS.Be/c1-13-7-3-6-10-18(13)22-19(20-2)16-11-14-8-4-5-9-15(14)12-17(16)21;19-15-10-12-6-2-1-5-11(12)9-13(15)17-18-14-7-3-4-8-16(14)20-17;/h3-12,21H,1-2H3;1-10,19H;/q;;+2/p-1. The molecular weight excluding hydrogens is 566 g/mol. The van der Waals surface area contributed by atoms with Crippen LogP contribution in [0.4, 0.5) is 0 Å². The Morgan fingerprint density at radius 3 is 1.91 bits per heavy atom. The van der Waals surface area contributed by atoms with Crippen molar-refractivity contribution in [2.45, 2.75) is 11.8 Å². The van der Waals surface area contributed by atoms with Gasteiger partial charge in [-0.05, 0) is 63.9 Å². The van der Waals surface area contributed by atoms with Gasteiger partial charge in [0.25, 0.3) is 5.01 Å². The van der Waals surface area contributed by atoms with Gasteiger partial charge in [-0.2, -0.15) is 4.98 Å². The van der Waals surface area contributed by atoms with Crippen molar-refractivity contribution >= 4 is 70.0 Å². The Kier molecular flexibility index (Phi) is 9.22. The summed E-state index contributed by atoms with van der Waals surface area (Å²) in [5, 5.41) is 30.5. The normalized spacial score (nSPS) is 11.3. The first kappa shape index (κ1) is 30.0. The SMILES string of the molecule is CN=C(Sc1ccccc1C)c1cc2ccccc2cc1[O-].[Be+2].[O-]c1cc2ccccc2cc1-c1[nH+]c2ccccc2s1. The predicted octanol–water partition coefficient (Wildman–Crippen LogP) is 7.62. The summed E-state index contributed by atoms with van der Waals surface area (Å²) in [4.78, 5) is 8.80. The first-order valence-corrected chi connectivity index (χ1v) is 15.1. The summed E-state index contributed by atoms with van der Waals surface area (Å²) in [7, 11) is 1.73. The third-order valence-corrected chi connectivity index (χ3v) is 9.40. The first-order valence-electron chi connectivity index (χ1n) is 13.5. The van der Waals surface area contributed by atoms with Crippen LogP contribution in [0.25, 0.3) is 42.3 Å². The number of H-pyrrole nitrogens is 1. The topological polar surface area (TPSA) is 72.6 Å². The molecule has 0 unspecified atom stereocenters. The Morgan fingerprint density at radius 1 is 0.698 bits per heavy atom. The number of nitrogens with zero attached hydrogens (tertiary/aromatic N) is 1. The number of para-hydroxylation sites is 1. The smallest absolute Gasteiger partial charge is 0.872 e. The fraction of sp³-hybridized carbons (Fsp3) is 0.0556. The van der Waals surface area contributed by atoms with Crippen LogP contribution in [0, 0.1) is 6.92 Å². The van der Waals surface area contributed by atoms with Gasteiger partial charge in [-0.3, -0.25) is 4.99 Å². The maximum absolute atomic E-state index is 12.4. The summed E-state index contributed by atoms with van der Waals surface area (Å²) >= 11 is 3.16. The van der Waals surface area contributed by atoms with E-state index in [0.29, 0.717) is 5.56 Å². The third-order valence-electron chi connectivity index (χ3n) is 7.02. The second-order valence-corrected chi connectivity index (χ2v) is 11.9. The van der Waals surface area contributed by atoms with E-state index >= 15 is 0 Å². The van der Waals surface area contributed by atoms with Crippen molar-refractivity contribution in [3.05, 3.63) is 132 Å². The number of fused-ring (bicyclic) bond motifs is 3. The Balaban J connectivity index is 0.000000168. The Morgan fingerprint density at radius 2 is 1.26 bits per heavy atom. The minimum atomic E-state index is 0. The summed E-state index contributed by atoms with van der Waals surface area (Å²) in [6.45, 7) is 2.06. The van der Waals surface area contributed by atoms with Crippen molar-refractivity contribution in [1.29, 1.82) is 0 Å². The minimum Gasteiger partial charge on any atom is -0.872 e. The molecule has 0 saturated heterocycles. The summed E-state index contributed by atoms with van der Waals surface area (Å²) in [6, 6.07) is 39.4. The van der Waals surface area contributed by atoms with Crippen LogP contribution in [0.2, 0.25) is 0 Å². The van der Waals surface area contributed by atoms with E-state index in [9.17, 15) is 10.2 Å². The van der Waals surface area contributed by atoms with Crippen LogP contribution in [0.15, 0.2) is 131 Å². The molecule has 0 amide bonds. The number of benzene rings is 6. The maximum atomic E-state index is 12.4. The Bertz CT molecular complexity index is 2060. The van der Waals surface area contributed by atoms with E-state index in [1.807, 2.05) is 91.0 Å². The molecule has 1 aromatic heterocycles. The van der Waals surface area contributed by atoms with Gasteiger partial charge in [0, 0.05) is 18.0 Å². The van der Waals surface area contributed by atoms with Gasteiger partial charge in [0.1, 0.15) is 9.74 Å². The van der Waals surface area contributed by atoms with Crippen LogP contribution in [0.3, 0.4) is 0 Å². The van der Waals surface area contributed by atoms with Gasteiger partial charge in [0.05, 0.1) is 5.56 Å². The van der Waals surface area contributed by atoms with Gasteiger partial charge in [0.15, 0.2) is 0 Å². The molecule has 6 aromatic carbocycles. The van der Waals surface area contributed by atoms with Crippen LogP contribution in [0.1, 0.15) is 11.1 Å². The molecule has 1 N–H and O–H groups in total. The number of hydrogen-bond donors (Lipinski definition) is 0. The fourth-order valence-electron chi connectivity index (χ4n) is 4.82. The average molecular weight is 593 g/mol. The van der Waals surface area contributed by atoms with Crippen molar-refractivity contribution in [3.8, 4) is 22.1 Å². The van der Waals surface area contributed by atoms with Crippen LogP contribution in [-0.4, -0.2) is 22.2 Å². The monoisotopic (exact) mass is 592 g/mol. The first-order chi connectivity index (χ1) is 20.5. The number of thiazole rings is 1. The van der Waals surface area contributed by atoms with E-state index in [2.05, 4.69) is 35.1 Å². The van der Waals surface area contributed by atoms with E-state index in [4.69, 9.17) is 0 Å². The van der Waals surface area contributed by atoms with Crippen LogP contribution in [0.5, 0.6) is 11.5 Å². The van der Waals surface area contributed by atoms with Gasteiger partial charge >= 0.3 is 10.1 Å². The van der Waals surface area contributed by atoms with Gasteiger partial charge in [0.2, 0.25) is 5.52 Å². The number of rotatable bonds is 3. The number of aliphatic imine (C=N–C) groups is 1. The van der Waals surface area contributed by atoms with Gasteiger partial charge in [-0.1, -0.05) is 126 Å². The summed E-state index contributed by atoms with van der Waals surface area (Å²) < 4.78 is 1.16. The minimum absolute atomic E-state index is 0. The van der Waals surface area contributed by atoms with Crippen molar-refractivity contribution in [2.24, 2.45) is 4.99 Å². The van der Waals surface area contributed by atoms with Crippen molar-refractivity contribution in [1.82, 2.24) is 0 Å². The van der Waals surface area contributed by atoms with Crippen LogP contribution >= 0.6 is 23.1 Å². The molecule has 0 radical (unpaired) electrons. The fourth-order valence-corrected chi connectivity index (χ4v) is 6.79. The number of nitrogens with one attached hydrogen (secondary N) is 1. The largest absolute Gasteiger partial charge is 2.00 e. The molecule has 0 aliphatic carbocycles. The molecule has 0 saturated carbocycles. The van der Waals surface area contributed by atoms with E-state index in [0.717, 1.165) is 52.3 Å². The molecule has 1 heterocycles. The molecule has 0 spiro atoms. The quantitative estimate of drug-likeness (QED) is 0.0917. The van der Waals surface area contributed by atoms with Crippen molar-refractivity contribution in [3.63, 3.8) is 0 Å². The van der Waals surface area contributed by atoms with E-state index < -0.39 is 0 Å². The Labute approximate surface area is 262 Å². The Hall–Kier alpha value is -4.48. The average Bonchev–Trinajstić information content (AvgIpc) is 3.45. The van der Waals surface area contributed by atoms with E-state index in [1.165, 1.54) is 5.56 Å². The zero-order valence-corrected chi connectivity index (χ0v) is 25.5. The number of aryl methyl sites for hydroxylation is 1. The second kappa shape index (κ2) is 13.2. The predicted molar refractivity (Wildman–Crippen MR) is 179 cm³/mol. The number of thioether (sulfide) groups is 1. The molecule has 7 rings (SSSR count). The molecule has 0 aliphatic heterocycles. The van der Waals surface area contributed by atoms with Crippen molar-refractivity contribution < 1.29 is 15.2 Å². The number of aromatic amines is 1. The zero-order chi connectivity index (χ0) is 29.1. The molecule has 0 atom stereocenters. The second-order valence-electron chi connectivity index (χ2n) is 9.84. The molecule has 0 bridgehead atoms. The number of aromatic nitrogens is 1. The molecule has 206 valence electrons. The molecule has 7 heteroatoms. The van der Waals surface area contributed by atoms with Gasteiger partial charge in [-0.15, -0.1) is 0 Å².